The second kappa shape index (κ2) is 30.8. The van der Waals surface area contributed by atoms with Gasteiger partial charge < -0.3 is 76.2 Å². The van der Waals surface area contributed by atoms with Gasteiger partial charge in [-0.25, -0.2) is 0 Å². The summed E-state index contributed by atoms with van der Waals surface area (Å²) in [7, 11) is 0. The van der Waals surface area contributed by atoms with Crippen LogP contribution in [0.4, 0.5) is 0 Å². The Morgan fingerprint density at radius 3 is 1.66 bits per heavy atom. The van der Waals surface area contributed by atoms with Gasteiger partial charge in [-0.3, -0.25) is 53.1 Å². The monoisotopic (exact) mass is 1100 g/mol. The van der Waals surface area contributed by atoms with E-state index in [4.69, 9.17) is 34.4 Å². The van der Waals surface area contributed by atoms with E-state index in [2.05, 4.69) is 46.9 Å². The molecule has 1 aromatic heterocycles. The van der Waals surface area contributed by atoms with Gasteiger partial charge in [-0.05, 0) is 73.6 Å². The Morgan fingerprint density at radius 2 is 1.10 bits per heavy atom. The first-order chi connectivity index (χ1) is 38.2. The van der Waals surface area contributed by atoms with Crippen molar-refractivity contribution in [2.45, 2.75) is 127 Å². The lowest BCUT2D eigenvalue weighted by Crippen LogP contribution is -2.60. The number of fused-ring (bicyclic) bond motifs is 1. The Balaban J connectivity index is 1.38. The minimum atomic E-state index is -1.49. The topological polar surface area (TPSA) is 426 Å². The maximum Gasteiger partial charge on any atom is 0.245 e. The first kappa shape index (κ1) is 61.8. The van der Waals surface area contributed by atoms with Gasteiger partial charge in [-0.15, -0.1) is 0 Å². The molecule has 25 nitrogen and oxygen atoms in total. The molecule has 430 valence electrons. The first-order valence-electron chi connectivity index (χ1n) is 26.6. The maximum absolute atomic E-state index is 14.8. The third-order valence-electron chi connectivity index (χ3n) is 13.3. The molecule has 1 aliphatic rings. The molecule has 1 fully saturated rings. The van der Waals surface area contributed by atoms with Crippen LogP contribution in [0.5, 0.6) is 0 Å². The molecule has 0 saturated carbocycles. The van der Waals surface area contributed by atoms with Crippen LogP contribution in [0.3, 0.4) is 0 Å². The zero-order valence-corrected chi connectivity index (χ0v) is 45.2. The average molecular weight is 1110 g/mol. The Labute approximate surface area is 464 Å². The van der Waals surface area contributed by atoms with E-state index in [1.54, 1.807) is 36.5 Å². The van der Waals surface area contributed by atoms with Crippen molar-refractivity contribution in [3.63, 3.8) is 0 Å². The molecule has 9 amide bonds. The Kier molecular flexibility index (Phi) is 23.8. The van der Waals surface area contributed by atoms with Crippen LogP contribution in [0.1, 0.15) is 81.9 Å². The lowest BCUT2D eigenvalue weighted by atomic mass is 9.99. The number of H-pyrrole nitrogens is 1. The third kappa shape index (κ3) is 19.8. The molecule has 80 heavy (non-hydrogen) atoms. The number of para-hydroxylation sites is 1. The third-order valence-corrected chi connectivity index (χ3v) is 13.3. The number of nitrogens with zero attached hydrogens (tertiary/aromatic N) is 3. The molecule has 0 unspecified atom stereocenters. The number of amides is 9. The molecule has 0 spiro atoms. The van der Waals surface area contributed by atoms with Gasteiger partial charge in [-0.1, -0.05) is 92.7 Å². The number of benzene rings is 3. The number of hydrogen-bond acceptors (Lipinski definition) is 11. The van der Waals surface area contributed by atoms with Gasteiger partial charge in [-0.2, -0.15) is 0 Å². The van der Waals surface area contributed by atoms with Crippen molar-refractivity contribution in [1.29, 1.82) is 0 Å². The van der Waals surface area contributed by atoms with Crippen LogP contribution in [-0.4, -0.2) is 137 Å². The van der Waals surface area contributed by atoms with E-state index in [9.17, 15) is 43.2 Å². The van der Waals surface area contributed by atoms with Crippen molar-refractivity contribution >= 4 is 76.0 Å². The average Bonchev–Trinajstić information content (AvgIpc) is 4.11. The largest absolute Gasteiger partial charge is 0.370 e. The van der Waals surface area contributed by atoms with E-state index in [0.717, 1.165) is 22.0 Å². The Bertz CT molecular complexity index is 2830. The number of likely N-dealkylation sites (tertiary alicyclic amines) is 1. The van der Waals surface area contributed by atoms with Crippen LogP contribution in [0.25, 0.3) is 10.9 Å². The fraction of sp³-hybridized carbons (Fsp3) is 0.436. The lowest BCUT2D eigenvalue weighted by Gasteiger charge is -2.31. The summed E-state index contributed by atoms with van der Waals surface area (Å²) in [5.41, 5.74) is 35.8. The fourth-order valence-electron chi connectivity index (χ4n) is 9.33. The predicted octanol–water partition coefficient (Wildman–Crippen LogP) is -1.39. The number of primary amides is 2. The minimum Gasteiger partial charge on any atom is -0.370 e. The van der Waals surface area contributed by atoms with Crippen LogP contribution >= 0.6 is 0 Å². The van der Waals surface area contributed by atoms with E-state index >= 15 is 0 Å². The van der Waals surface area contributed by atoms with Gasteiger partial charge in [0.15, 0.2) is 11.9 Å². The number of aromatic amines is 1. The molecule has 5 rings (SSSR count). The van der Waals surface area contributed by atoms with Crippen LogP contribution in [0.2, 0.25) is 0 Å². The molecule has 25 heteroatoms. The summed E-state index contributed by atoms with van der Waals surface area (Å²) in [4.78, 5) is 136. The lowest BCUT2D eigenvalue weighted by molar-refractivity contribution is -0.142. The summed E-state index contributed by atoms with van der Waals surface area (Å²) in [6.07, 6.45) is 2.12. The highest BCUT2D eigenvalue weighted by atomic mass is 16.2. The van der Waals surface area contributed by atoms with Crippen molar-refractivity contribution in [2.24, 2.45) is 50.3 Å². The number of guanidine groups is 2. The van der Waals surface area contributed by atoms with E-state index in [-0.39, 0.29) is 95.3 Å². The highest BCUT2D eigenvalue weighted by Crippen LogP contribution is 2.22. The van der Waals surface area contributed by atoms with E-state index < -0.39 is 102 Å². The molecule has 3 aromatic carbocycles. The molecule has 1 aliphatic heterocycles. The molecule has 19 N–H and O–H groups in total. The van der Waals surface area contributed by atoms with Crippen molar-refractivity contribution in [3.8, 4) is 0 Å². The van der Waals surface area contributed by atoms with Crippen molar-refractivity contribution in [1.82, 2.24) is 41.8 Å². The second-order valence-electron chi connectivity index (χ2n) is 20.1. The Morgan fingerprint density at radius 1 is 0.600 bits per heavy atom. The molecule has 7 atom stereocenters. The van der Waals surface area contributed by atoms with Crippen molar-refractivity contribution in [2.75, 3.05) is 19.6 Å². The van der Waals surface area contributed by atoms with Crippen LogP contribution in [0.15, 0.2) is 101 Å². The molecule has 4 aromatic rings. The Hall–Kier alpha value is -9.03. The smallest absolute Gasteiger partial charge is 0.245 e. The van der Waals surface area contributed by atoms with E-state index in [1.165, 1.54) is 4.90 Å². The van der Waals surface area contributed by atoms with Crippen LogP contribution in [0, 0.1) is 5.92 Å². The molecule has 0 aliphatic carbocycles. The summed E-state index contributed by atoms with van der Waals surface area (Å²) in [5.74, 6) is -7.27. The van der Waals surface area contributed by atoms with E-state index in [1.807, 2.05) is 68.4 Å². The zero-order valence-electron chi connectivity index (χ0n) is 45.2. The minimum absolute atomic E-state index is 0.0246. The molecular formula is C55H76N16O9. The standard InChI is InChI=1S/C55H76N16O9/c1-32(2)26-41(69-50(77)42(27-33-14-5-3-6-15-33)65-46(73)29-35-31-64-37-19-10-9-18-36(35)37)49(76)70-43(28-34-16-7-4-8-17-34)51(78)67-39(21-12-24-63-55(60)61)53(80)71-25-13-22-44(71)52(79)66-38(20-11-23-62-54(58)59)48(75)68-40(47(57)74)30-45(56)72/h3-10,14-19,31-32,38-44,64H,11-13,20-30H2,1-2H3,(H2,56,72)(H2,57,74)(H,65,73)(H,66,79)(H,67,78)(H,68,75)(H,69,77)(H,70,76)(H4,58,59,62)(H4,60,61,63)/t38-,39-,40-,41-,42-,43-,44-/m0/s1. The predicted molar refractivity (Wildman–Crippen MR) is 301 cm³/mol. The highest BCUT2D eigenvalue weighted by Gasteiger charge is 2.40. The summed E-state index contributed by atoms with van der Waals surface area (Å²) in [6.45, 7) is 3.95. The summed E-state index contributed by atoms with van der Waals surface area (Å²) in [6, 6.07) is 16.6. The first-order valence-corrected chi connectivity index (χ1v) is 26.6. The summed E-state index contributed by atoms with van der Waals surface area (Å²) >= 11 is 0. The van der Waals surface area contributed by atoms with Crippen molar-refractivity contribution in [3.05, 3.63) is 108 Å². The number of hydrogen-bond donors (Lipinski definition) is 13. The van der Waals surface area contributed by atoms with Gasteiger partial charge >= 0.3 is 0 Å². The highest BCUT2D eigenvalue weighted by molar-refractivity contribution is 5.99. The molecule has 0 radical (unpaired) electrons. The second-order valence-corrected chi connectivity index (χ2v) is 20.1. The maximum atomic E-state index is 14.8. The van der Waals surface area contributed by atoms with Crippen LogP contribution < -0.4 is 66.3 Å². The van der Waals surface area contributed by atoms with Gasteiger partial charge in [0.1, 0.15) is 42.3 Å². The fourth-order valence-corrected chi connectivity index (χ4v) is 9.33. The number of rotatable bonds is 31. The summed E-state index contributed by atoms with van der Waals surface area (Å²) in [5, 5.41) is 17.3. The molecule has 1 saturated heterocycles. The number of aliphatic imine (C=N–C) groups is 2. The number of aromatic nitrogens is 1. The van der Waals surface area contributed by atoms with Crippen LogP contribution in [-0.2, 0) is 62.4 Å². The van der Waals surface area contributed by atoms with Gasteiger partial charge in [0, 0.05) is 49.6 Å². The van der Waals surface area contributed by atoms with Gasteiger partial charge in [0.2, 0.25) is 53.2 Å². The molecule has 2 heterocycles. The zero-order chi connectivity index (χ0) is 58.3. The van der Waals surface area contributed by atoms with Crippen molar-refractivity contribution < 1.29 is 43.2 Å². The number of nitrogens with one attached hydrogen (secondary N) is 7. The number of carbonyl (C=O) groups is 9. The normalized spacial score (nSPS) is 15.2. The summed E-state index contributed by atoms with van der Waals surface area (Å²) < 4.78 is 0. The number of nitrogens with two attached hydrogens (primary N) is 6. The quantitative estimate of drug-likeness (QED) is 0.0157. The molecule has 0 bridgehead atoms. The van der Waals surface area contributed by atoms with Gasteiger partial charge in [0.05, 0.1) is 12.8 Å². The molecular weight excluding hydrogens is 1030 g/mol. The van der Waals surface area contributed by atoms with Gasteiger partial charge in [0.25, 0.3) is 0 Å². The SMILES string of the molecule is CC(C)C[C@H](NC(=O)[C@H](Cc1ccccc1)NC(=O)Cc1c[nH]c2ccccc12)C(=O)N[C@@H](Cc1ccccc1)C(=O)N[C@@H](CCCN=C(N)N)C(=O)N1CCC[C@H]1C(=O)N[C@@H](CCCN=C(N)N)C(=O)N[C@@H](CC(N)=O)C(N)=O. The van der Waals surface area contributed by atoms with E-state index in [0.29, 0.717) is 12.0 Å². The number of carbonyl (C=O) groups excluding carboxylic acids is 9.